The molecule has 0 aliphatic rings. The lowest BCUT2D eigenvalue weighted by molar-refractivity contribution is -0.140. The summed E-state index contributed by atoms with van der Waals surface area (Å²) in [6.45, 7) is 3.40. The number of hydrogen-bond donors (Lipinski definition) is 2. The summed E-state index contributed by atoms with van der Waals surface area (Å²) in [5.41, 5.74) is 0. The molecule has 0 unspecified atom stereocenters. The molecule has 0 amide bonds. The summed E-state index contributed by atoms with van der Waals surface area (Å²) in [6, 6.07) is -1.20. The van der Waals surface area contributed by atoms with Crippen molar-refractivity contribution < 1.29 is 26.7 Å². The molecule has 0 heterocycles. The minimum atomic E-state index is -3.84. The van der Waals surface area contributed by atoms with Crippen molar-refractivity contribution in [1.29, 1.82) is 0 Å². The van der Waals surface area contributed by atoms with E-state index in [-0.39, 0.29) is 18.1 Å². The fraction of sp³-hybridized carbons (Fsp3) is 0.909. The molecule has 0 fully saturated rings. The molecule has 0 radical (unpaired) electrons. The van der Waals surface area contributed by atoms with Gasteiger partial charge in [-0.25, -0.2) is 25.9 Å². The van der Waals surface area contributed by atoms with Gasteiger partial charge in [0.1, 0.15) is 6.04 Å². The van der Waals surface area contributed by atoms with Crippen LogP contribution in [0.15, 0.2) is 0 Å². The molecular formula is C11H24N2O6S2. The summed E-state index contributed by atoms with van der Waals surface area (Å²) in [5, 5.41) is 9.04. The van der Waals surface area contributed by atoms with Gasteiger partial charge in [0.05, 0.1) is 11.5 Å². The average molecular weight is 344 g/mol. The second-order valence-electron chi connectivity index (χ2n) is 5.09. The first-order valence-electron chi connectivity index (χ1n) is 6.56. The predicted octanol–water partition coefficient (Wildman–Crippen LogP) is -0.313. The molecule has 0 saturated carbocycles. The normalized spacial score (nSPS) is 15.9. The number of carbonyl (C=O) groups is 1. The van der Waals surface area contributed by atoms with Crippen LogP contribution in [-0.4, -0.2) is 63.9 Å². The lowest BCUT2D eigenvalue weighted by atomic mass is 10.0. The highest BCUT2D eigenvalue weighted by Gasteiger charge is 2.28. The average Bonchev–Trinajstić information content (AvgIpc) is 2.34. The van der Waals surface area contributed by atoms with Crippen LogP contribution in [0.1, 0.15) is 26.7 Å². The number of aliphatic carboxylic acids is 1. The molecule has 0 saturated heterocycles. The first-order valence-corrected chi connectivity index (χ1v) is 9.82. The monoisotopic (exact) mass is 344 g/mol. The fourth-order valence-corrected chi connectivity index (χ4v) is 3.93. The Bertz CT molecular complexity index is 541. The van der Waals surface area contributed by atoms with Crippen molar-refractivity contribution in [2.24, 2.45) is 5.92 Å². The molecule has 0 rings (SSSR count). The molecule has 2 atom stereocenters. The molecule has 0 aliphatic carbocycles. The van der Waals surface area contributed by atoms with Crippen LogP contribution < -0.4 is 4.72 Å². The van der Waals surface area contributed by atoms with Crippen molar-refractivity contribution in [3.05, 3.63) is 0 Å². The molecule has 10 heteroatoms. The fourth-order valence-electron chi connectivity index (χ4n) is 1.51. The van der Waals surface area contributed by atoms with Crippen LogP contribution in [0, 0.1) is 5.92 Å². The molecule has 0 aromatic carbocycles. The van der Waals surface area contributed by atoms with Crippen molar-refractivity contribution in [1.82, 2.24) is 9.03 Å². The molecule has 0 aromatic rings. The Kier molecular flexibility index (Phi) is 7.79. The third-order valence-corrected chi connectivity index (χ3v) is 6.51. The third kappa shape index (κ3) is 7.21. The van der Waals surface area contributed by atoms with E-state index in [4.69, 9.17) is 5.11 Å². The third-order valence-electron chi connectivity index (χ3n) is 3.16. The van der Waals surface area contributed by atoms with Gasteiger partial charge in [-0.15, -0.1) is 0 Å². The van der Waals surface area contributed by atoms with Crippen LogP contribution in [0.4, 0.5) is 0 Å². The predicted molar refractivity (Wildman–Crippen MR) is 79.9 cm³/mol. The van der Waals surface area contributed by atoms with Crippen molar-refractivity contribution in [3.63, 3.8) is 0 Å². The van der Waals surface area contributed by atoms with E-state index in [2.05, 4.69) is 4.72 Å². The van der Waals surface area contributed by atoms with E-state index < -0.39 is 37.8 Å². The summed E-state index contributed by atoms with van der Waals surface area (Å²) in [5.74, 6) is -2.33. The second kappa shape index (κ2) is 8.06. The molecule has 126 valence electrons. The quantitative estimate of drug-likeness (QED) is 0.560. The van der Waals surface area contributed by atoms with Crippen LogP contribution in [0.2, 0.25) is 0 Å². The maximum absolute atomic E-state index is 11.8. The summed E-state index contributed by atoms with van der Waals surface area (Å²) in [7, 11) is -4.57. The van der Waals surface area contributed by atoms with Gasteiger partial charge in [-0.1, -0.05) is 20.3 Å². The van der Waals surface area contributed by atoms with Gasteiger partial charge in [-0.2, -0.15) is 0 Å². The number of carboxylic acid groups (broad SMARTS) is 1. The van der Waals surface area contributed by atoms with Gasteiger partial charge >= 0.3 is 5.97 Å². The maximum atomic E-state index is 11.8. The van der Waals surface area contributed by atoms with Gasteiger partial charge in [0.25, 0.3) is 0 Å². The van der Waals surface area contributed by atoms with Gasteiger partial charge in [-0.05, 0) is 12.3 Å². The lowest BCUT2D eigenvalue weighted by Gasteiger charge is -2.20. The number of rotatable bonds is 10. The van der Waals surface area contributed by atoms with E-state index in [1.54, 1.807) is 13.8 Å². The molecule has 0 spiro atoms. The maximum Gasteiger partial charge on any atom is 0.322 e. The van der Waals surface area contributed by atoms with Gasteiger partial charge in [-0.3, -0.25) is 4.79 Å². The smallest absolute Gasteiger partial charge is 0.322 e. The summed E-state index contributed by atoms with van der Waals surface area (Å²) in [4.78, 5) is 11.1. The Morgan fingerprint density at radius 3 is 2.10 bits per heavy atom. The van der Waals surface area contributed by atoms with E-state index in [1.807, 2.05) is 0 Å². The minimum Gasteiger partial charge on any atom is -0.480 e. The standard InChI is InChI=1S/C11H24N2O6S2/c1-5-9(2)10(11(14)15)12-20(16,17)7-6-8-21(18,19)13(3)4/h9-10,12H,5-8H2,1-4H3,(H,14,15)/t9-,10-/m0/s1. The molecule has 0 aromatic heterocycles. The molecule has 2 N–H and O–H groups in total. The zero-order valence-corrected chi connectivity index (χ0v) is 14.4. The number of nitrogens with one attached hydrogen (secondary N) is 1. The van der Waals surface area contributed by atoms with Crippen molar-refractivity contribution in [3.8, 4) is 0 Å². The van der Waals surface area contributed by atoms with Gasteiger partial charge < -0.3 is 5.11 Å². The van der Waals surface area contributed by atoms with Gasteiger partial charge in [0.2, 0.25) is 20.0 Å². The Labute approximate surface area is 126 Å². The minimum absolute atomic E-state index is 0.0946. The Balaban J connectivity index is 4.67. The molecule has 21 heavy (non-hydrogen) atoms. The first-order chi connectivity index (χ1) is 9.43. The highest BCUT2D eigenvalue weighted by Crippen LogP contribution is 2.10. The zero-order valence-electron chi connectivity index (χ0n) is 12.7. The zero-order chi connectivity index (χ0) is 16.8. The van der Waals surface area contributed by atoms with E-state index in [9.17, 15) is 21.6 Å². The Hall–Kier alpha value is -0.710. The second-order valence-corrected chi connectivity index (χ2v) is 9.27. The van der Waals surface area contributed by atoms with Crippen LogP contribution in [0.3, 0.4) is 0 Å². The van der Waals surface area contributed by atoms with Crippen LogP contribution >= 0.6 is 0 Å². The molecular weight excluding hydrogens is 320 g/mol. The van der Waals surface area contributed by atoms with Crippen molar-refractivity contribution >= 4 is 26.0 Å². The molecule has 8 nitrogen and oxygen atoms in total. The SMILES string of the molecule is CC[C@H](C)[C@H](NS(=O)(=O)CCCS(=O)(=O)N(C)C)C(=O)O. The number of sulfonamides is 2. The van der Waals surface area contributed by atoms with E-state index in [1.165, 1.54) is 14.1 Å². The summed E-state index contributed by atoms with van der Waals surface area (Å²) >= 11 is 0. The topological polar surface area (TPSA) is 121 Å². The van der Waals surface area contributed by atoms with Crippen molar-refractivity contribution in [2.75, 3.05) is 25.6 Å². The van der Waals surface area contributed by atoms with E-state index in [0.717, 1.165) is 4.31 Å². The Morgan fingerprint density at radius 1 is 1.19 bits per heavy atom. The van der Waals surface area contributed by atoms with Gasteiger partial charge in [0.15, 0.2) is 0 Å². The summed E-state index contributed by atoms with van der Waals surface area (Å²) in [6.07, 6.45) is 0.414. The van der Waals surface area contributed by atoms with Gasteiger partial charge in [0, 0.05) is 14.1 Å². The van der Waals surface area contributed by atoms with Crippen LogP contribution in [0.25, 0.3) is 0 Å². The van der Waals surface area contributed by atoms with Crippen LogP contribution in [-0.2, 0) is 24.8 Å². The summed E-state index contributed by atoms with van der Waals surface area (Å²) < 4.78 is 49.9. The van der Waals surface area contributed by atoms with E-state index in [0.29, 0.717) is 6.42 Å². The number of carboxylic acids is 1. The largest absolute Gasteiger partial charge is 0.480 e. The van der Waals surface area contributed by atoms with Crippen molar-refractivity contribution in [2.45, 2.75) is 32.7 Å². The lowest BCUT2D eigenvalue weighted by Crippen LogP contribution is -2.46. The van der Waals surface area contributed by atoms with E-state index >= 15 is 0 Å². The number of hydrogen-bond acceptors (Lipinski definition) is 5. The number of nitrogens with zero attached hydrogens (tertiary/aromatic N) is 1. The Morgan fingerprint density at radius 2 is 1.71 bits per heavy atom. The highest BCUT2D eigenvalue weighted by molar-refractivity contribution is 7.90. The molecule has 0 aliphatic heterocycles. The highest BCUT2D eigenvalue weighted by atomic mass is 32.2. The molecule has 0 bridgehead atoms. The van der Waals surface area contributed by atoms with Crippen LogP contribution in [0.5, 0.6) is 0 Å². The first kappa shape index (κ1) is 20.3.